The molecule has 6 nitrogen and oxygen atoms in total. The largest absolute Gasteiger partial charge is 0.338 e. The van der Waals surface area contributed by atoms with Crippen LogP contribution in [0.1, 0.15) is 51.5 Å². The van der Waals surface area contributed by atoms with Gasteiger partial charge in [0.2, 0.25) is 11.7 Å². The first-order valence-corrected chi connectivity index (χ1v) is 8.35. The van der Waals surface area contributed by atoms with Crippen LogP contribution in [0.3, 0.4) is 0 Å². The summed E-state index contributed by atoms with van der Waals surface area (Å²) in [5, 5.41) is 14.0. The zero-order chi connectivity index (χ0) is 16.5. The molecule has 1 amide bonds. The average molecular weight is 315 g/mol. The highest BCUT2D eigenvalue weighted by molar-refractivity contribution is 5.75. The molecule has 0 aliphatic carbocycles. The van der Waals surface area contributed by atoms with E-state index in [0.717, 1.165) is 24.1 Å². The van der Waals surface area contributed by atoms with Gasteiger partial charge in [0.05, 0.1) is 0 Å². The molecule has 1 aromatic heterocycles. The minimum Gasteiger partial charge on any atom is -0.338 e. The molecular weight excluding hydrogens is 290 g/mol. The van der Waals surface area contributed by atoms with Gasteiger partial charge in [0, 0.05) is 25.1 Å². The van der Waals surface area contributed by atoms with Crippen molar-refractivity contribution in [3.8, 4) is 11.4 Å². The number of rotatable bonds is 9. The van der Waals surface area contributed by atoms with Crippen LogP contribution >= 0.6 is 0 Å². The maximum absolute atomic E-state index is 12.2. The molecule has 1 heterocycles. The molecular formula is C17H25N5O. The Kier molecular flexibility index (Phi) is 6.72. The zero-order valence-corrected chi connectivity index (χ0v) is 14.0. The Hall–Kier alpha value is -2.24. The minimum atomic E-state index is 0.200. The summed E-state index contributed by atoms with van der Waals surface area (Å²) in [5.41, 5.74) is 2.00. The van der Waals surface area contributed by atoms with Crippen LogP contribution in [0.25, 0.3) is 11.4 Å². The van der Waals surface area contributed by atoms with E-state index in [9.17, 15) is 4.79 Å². The van der Waals surface area contributed by atoms with Gasteiger partial charge < -0.3 is 4.90 Å². The normalized spacial score (nSPS) is 10.7. The van der Waals surface area contributed by atoms with Crippen LogP contribution in [0, 0.1) is 0 Å². The smallest absolute Gasteiger partial charge is 0.222 e. The minimum absolute atomic E-state index is 0.200. The number of nitrogens with zero attached hydrogens (tertiary/aromatic N) is 4. The van der Waals surface area contributed by atoms with E-state index in [1.165, 1.54) is 19.3 Å². The van der Waals surface area contributed by atoms with Crippen LogP contribution in [-0.2, 0) is 11.3 Å². The second-order valence-electron chi connectivity index (χ2n) is 5.67. The van der Waals surface area contributed by atoms with Crippen molar-refractivity contribution >= 4 is 5.91 Å². The summed E-state index contributed by atoms with van der Waals surface area (Å²) in [7, 11) is 0. The fourth-order valence-corrected chi connectivity index (χ4v) is 2.56. The number of amides is 1. The molecule has 2 rings (SSSR count). The van der Waals surface area contributed by atoms with Crippen molar-refractivity contribution in [3.63, 3.8) is 0 Å². The molecule has 2 aromatic rings. The van der Waals surface area contributed by atoms with Crippen LogP contribution in [0.5, 0.6) is 0 Å². The SMILES string of the molecule is CCCCCCN(Cc1cccc(-c2nn[nH]n2)c1)C(=O)CC. The molecule has 0 bridgehead atoms. The van der Waals surface area contributed by atoms with Crippen LogP contribution in [0.2, 0.25) is 0 Å². The number of nitrogens with one attached hydrogen (secondary N) is 1. The van der Waals surface area contributed by atoms with Gasteiger partial charge in [-0.3, -0.25) is 4.79 Å². The van der Waals surface area contributed by atoms with Crippen molar-refractivity contribution in [2.45, 2.75) is 52.5 Å². The molecule has 0 aliphatic rings. The molecule has 0 radical (unpaired) electrons. The Labute approximate surface area is 137 Å². The van der Waals surface area contributed by atoms with E-state index in [2.05, 4.69) is 27.5 Å². The average Bonchev–Trinajstić information content (AvgIpc) is 3.12. The van der Waals surface area contributed by atoms with E-state index in [0.29, 0.717) is 18.8 Å². The molecule has 0 unspecified atom stereocenters. The lowest BCUT2D eigenvalue weighted by atomic mass is 10.1. The predicted molar refractivity (Wildman–Crippen MR) is 89.5 cm³/mol. The molecule has 0 saturated carbocycles. The zero-order valence-electron chi connectivity index (χ0n) is 14.0. The lowest BCUT2D eigenvalue weighted by molar-refractivity contribution is -0.131. The maximum atomic E-state index is 12.2. The highest BCUT2D eigenvalue weighted by atomic mass is 16.2. The summed E-state index contributed by atoms with van der Waals surface area (Å²) >= 11 is 0. The van der Waals surface area contributed by atoms with E-state index in [4.69, 9.17) is 0 Å². The van der Waals surface area contributed by atoms with Gasteiger partial charge in [-0.1, -0.05) is 51.3 Å². The standard InChI is InChI=1S/C17H25N5O/c1-3-5-6-7-11-22(16(23)4-2)13-14-9-8-10-15(12-14)17-18-20-21-19-17/h8-10,12H,3-7,11,13H2,1-2H3,(H,18,19,20,21). The highest BCUT2D eigenvalue weighted by Crippen LogP contribution is 2.17. The lowest BCUT2D eigenvalue weighted by Crippen LogP contribution is -2.30. The molecule has 0 atom stereocenters. The van der Waals surface area contributed by atoms with Crippen molar-refractivity contribution in [1.82, 2.24) is 25.5 Å². The van der Waals surface area contributed by atoms with Crippen LogP contribution in [0.15, 0.2) is 24.3 Å². The summed E-state index contributed by atoms with van der Waals surface area (Å²) in [6, 6.07) is 7.96. The van der Waals surface area contributed by atoms with Crippen molar-refractivity contribution in [1.29, 1.82) is 0 Å². The Bertz CT molecular complexity index is 597. The van der Waals surface area contributed by atoms with Crippen LogP contribution in [0.4, 0.5) is 0 Å². The Morgan fingerprint density at radius 3 is 2.78 bits per heavy atom. The van der Waals surface area contributed by atoms with Gasteiger partial charge in [-0.2, -0.15) is 5.21 Å². The number of aromatic amines is 1. The number of unbranched alkanes of at least 4 members (excludes halogenated alkanes) is 3. The fourth-order valence-electron chi connectivity index (χ4n) is 2.56. The van der Waals surface area contributed by atoms with Crippen molar-refractivity contribution in [3.05, 3.63) is 29.8 Å². The molecule has 6 heteroatoms. The third-order valence-corrected chi connectivity index (χ3v) is 3.84. The van der Waals surface area contributed by atoms with Gasteiger partial charge in [-0.05, 0) is 23.3 Å². The van der Waals surface area contributed by atoms with Gasteiger partial charge >= 0.3 is 0 Å². The Morgan fingerprint density at radius 1 is 1.22 bits per heavy atom. The molecule has 1 N–H and O–H groups in total. The maximum Gasteiger partial charge on any atom is 0.222 e. The van der Waals surface area contributed by atoms with Gasteiger partial charge in [0.1, 0.15) is 0 Å². The van der Waals surface area contributed by atoms with E-state index in [1.807, 2.05) is 36.1 Å². The number of H-pyrrole nitrogens is 1. The number of aromatic nitrogens is 4. The molecule has 0 aliphatic heterocycles. The predicted octanol–water partition coefficient (Wildman–Crippen LogP) is 3.19. The summed E-state index contributed by atoms with van der Waals surface area (Å²) in [6.07, 6.45) is 5.20. The number of tetrazole rings is 1. The summed E-state index contributed by atoms with van der Waals surface area (Å²) in [6.45, 7) is 5.55. The summed E-state index contributed by atoms with van der Waals surface area (Å²) in [4.78, 5) is 14.1. The highest BCUT2D eigenvalue weighted by Gasteiger charge is 2.12. The number of benzene rings is 1. The third kappa shape index (κ3) is 5.16. The van der Waals surface area contributed by atoms with Crippen LogP contribution in [-0.4, -0.2) is 38.0 Å². The van der Waals surface area contributed by atoms with E-state index < -0.39 is 0 Å². The van der Waals surface area contributed by atoms with Crippen molar-refractivity contribution in [2.75, 3.05) is 6.54 Å². The fraction of sp³-hybridized carbons (Fsp3) is 0.529. The van der Waals surface area contributed by atoms with Gasteiger partial charge in [0.15, 0.2) is 0 Å². The Balaban J connectivity index is 2.03. The second kappa shape index (κ2) is 9.02. The molecule has 124 valence electrons. The first-order chi connectivity index (χ1) is 11.2. The quantitative estimate of drug-likeness (QED) is 0.721. The monoisotopic (exact) mass is 315 g/mol. The van der Waals surface area contributed by atoms with E-state index in [-0.39, 0.29) is 5.91 Å². The number of carbonyl (C=O) groups excluding carboxylic acids is 1. The second-order valence-corrected chi connectivity index (χ2v) is 5.67. The first kappa shape index (κ1) is 17.1. The molecule has 0 spiro atoms. The third-order valence-electron chi connectivity index (χ3n) is 3.84. The van der Waals surface area contributed by atoms with Crippen LogP contribution < -0.4 is 0 Å². The van der Waals surface area contributed by atoms with Crippen molar-refractivity contribution in [2.24, 2.45) is 0 Å². The molecule has 0 saturated heterocycles. The molecule has 23 heavy (non-hydrogen) atoms. The molecule has 1 aromatic carbocycles. The summed E-state index contributed by atoms with van der Waals surface area (Å²) in [5.74, 6) is 0.773. The van der Waals surface area contributed by atoms with Gasteiger partial charge in [-0.25, -0.2) is 0 Å². The van der Waals surface area contributed by atoms with Gasteiger partial charge in [0.25, 0.3) is 0 Å². The summed E-state index contributed by atoms with van der Waals surface area (Å²) < 4.78 is 0. The van der Waals surface area contributed by atoms with Gasteiger partial charge in [-0.15, -0.1) is 10.2 Å². The molecule has 0 fully saturated rings. The van der Waals surface area contributed by atoms with E-state index in [1.54, 1.807) is 0 Å². The topological polar surface area (TPSA) is 74.8 Å². The lowest BCUT2D eigenvalue weighted by Gasteiger charge is -2.22. The number of hydrogen-bond donors (Lipinski definition) is 1. The number of hydrogen-bond acceptors (Lipinski definition) is 4. The number of carbonyl (C=O) groups is 1. The Morgan fingerprint density at radius 2 is 2.09 bits per heavy atom. The van der Waals surface area contributed by atoms with Crippen molar-refractivity contribution < 1.29 is 4.79 Å². The van der Waals surface area contributed by atoms with E-state index >= 15 is 0 Å². The first-order valence-electron chi connectivity index (χ1n) is 8.35.